The van der Waals surface area contributed by atoms with Crippen LogP contribution in [0.15, 0.2) is 251 Å². The molecule has 390 valence electrons. The zero-order valence-corrected chi connectivity index (χ0v) is 47.3. The van der Waals surface area contributed by atoms with Crippen molar-refractivity contribution in [2.24, 2.45) is 0 Å². The van der Waals surface area contributed by atoms with Gasteiger partial charge in [-0.1, -0.05) is 158 Å². The molecule has 0 aliphatic rings. The average molecular weight is 1090 g/mol. The second-order valence-electron chi connectivity index (χ2n) is 21.7. The van der Waals surface area contributed by atoms with Crippen LogP contribution in [0.3, 0.4) is 0 Å². The van der Waals surface area contributed by atoms with Crippen LogP contribution in [0.4, 0.5) is 34.1 Å². The normalized spacial score (nSPS) is 11.9. The summed E-state index contributed by atoms with van der Waals surface area (Å²) in [5, 5.41) is 9.53. The molecule has 0 saturated carbocycles. The lowest BCUT2D eigenvalue weighted by Crippen LogP contribution is -2.14. The highest BCUT2D eigenvalue weighted by Gasteiger charge is 2.27. The zero-order chi connectivity index (χ0) is 54.7. The van der Waals surface area contributed by atoms with Gasteiger partial charge in [0.2, 0.25) is 0 Å². The summed E-state index contributed by atoms with van der Waals surface area (Å²) >= 11 is 3.75. The monoisotopic (exact) mass is 1090 g/mol. The number of anilines is 6. The maximum Gasteiger partial charge on any atom is 0.135 e. The van der Waals surface area contributed by atoms with Crippen LogP contribution in [0.1, 0.15) is 22.3 Å². The Balaban J connectivity index is 0.854. The van der Waals surface area contributed by atoms with E-state index in [1.165, 1.54) is 73.7 Å². The Bertz CT molecular complexity index is 4940. The van der Waals surface area contributed by atoms with Crippen molar-refractivity contribution in [3.63, 3.8) is 0 Å². The van der Waals surface area contributed by atoms with Gasteiger partial charge >= 0.3 is 0 Å². The fraction of sp³-hybridized carbons (Fsp3) is 0.0526. The smallest absolute Gasteiger partial charge is 0.135 e. The SMILES string of the molecule is Cc1cc(-c2ccc(N(c3ccc4oc5ccccc5c4c3)c3c(C)cccc3-c3cccc4c3sc3ccccc34)c(C)c2)ccc1N(c1ccc2oc3ccccc3c2c1)c1c(C)cccc1-c1cccc2c1sc1ccccc12. The molecule has 0 N–H and O–H groups in total. The molecule has 0 atom stereocenters. The van der Waals surface area contributed by atoms with Crippen LogP contribution >= 0.6 is 22.7 Å². The van der Waals surface area contributed by atoms with E-state index in [1.54, 1.807) is 0 Å². The van der Waals surface area contributed by atoms with Crippen molar-refractivity contribution in [3.05, 3.63) is 265 Å². The summed E-state index contributed by atoms with van der Waals surface area (Å²) in [6.45, 7) is 9.02. The van der Waals surface area contributed by atoms with Crippen LogP contribution in [0, 0.1) is 27.7 Å². The van der Waals surface area contributed by atoms with E-state index in [2.05, 4.69) is 268 Å². The third-order valence-electron chi connectivity index (χ3n) is 16.8. The van der Waals surface area contributed by atoms with Gasteiger partial charge in [-0.05, 0) is 146 Å². The molecule has 0 fully saturated rings. The average Bonchev–Trinajstić information content (AvgIpc) is 4.43. The maximum atomic E-state index is 6.43. The molecular formula is C76H52N2O2S2. The summed E-state index contributed by atoms with van der Waals surface area (Å²) in [4.78, 5) is 4.98. The fourth-order valence-electron chi connectivity index (χ4n) is 12.9. The van der Waals surface area contributed by atoms with E-state index < -0.39 is 0 Å². The van der Waals surface area contributed by atoms with Crippen LogP contribution < -0.4 is 9.80 Å². The lowest BCUT2D eigenvalue weighted by Gasteiger charge is -2.31. The standard InChI is InChI=1S/C76H52N2O2S2/c1-45-17-13-23-57(61-27-15-25-59-55-21-7-11-31-71(55)81-75(59)61)73(45)77(51-35-39-69-63(43-51)53-19-5-9-29-67(53)79-69)65-37-33-49(41-47(65)3)50-34-38-66(48(4)42-50)78(52-36-40-70-64(44-52)54-20-6-10-30-68(54)80-70)74-46(2)18-14-24-58(74)62-28-16-26-60-56-22-8-12-32-72(56)82-76(60)62/h5-44H,1-4H3. The van der Waals surface area contributed by atoms with E-state index in [9.17, 15) is 0 Å². The summed E-state index contributed by atoms with van der Waals surface area (Å²) in [5.41, 5.74) is 22.0. The first kappa shape index (κ1) is 48.2. The molecule has 4 heterocycles. The van der Waals surface area contributed by atoms with Gasteiger partial charge in [0, 0.05) is 107 Å². The number of nitrogens with zero attached hydrogens (tertiary/aromatic N) is 2. The Morgan fingerprint density at radius 3 is 1.11 bits per heavy atom. The second kappa shape index (κ2) is 19.0. The first-order valence-corrected chi connectivity index (χ1v) is 29.6. The van der Waals surface area contributed by atoms with Crippen LogP contribution in [-0.4, -0.2) is 0 Å². The van der Waals surface area contributed by atoms with Gasteiger partial charge in [0.1, 0.15) is 22.3 Å². The van der Waals surface area contributed by atoms with Gasteiger partial charge in [-0.25, -0.2) is 0 Å². The van der Waals surface area contributed by atoms with Gasteiger partial charge in [-0.2, -0.15) is 0 Å². The lowest BCUT2D eigenvalue weighted by molar-refractivity contribution is 0.668. The van der Waals surface area contributed by atoms with Crippen molar-refractivity contribution < 1.29 is 8.83 Å². The van der Waals surface area contributed by atoms with Crippen molar-refractivity contribution in [1.82, 2.24) is 0 Å². The number of thiophene rings is 2. The number of aryl methyl sites for hydroxylation is 4. The molecule has 0 amide bonds. The molecule has 0 aliphatic carbocycles. The predicted octanol–water partition coefficient (Wildman–Crippen LogP) is 23.4. The molecule has 16 rings (SSSR count). The molecule has 82 heavy (non-hydrogen) atoms. The Hall–Kier alpha value is -9.72. The van der Waals surface area contributed by atoms with Crippen molar-refractivity contribution >= 4 is 141 Å². The molecule has 4 aromatic heterocycles. The van der Waals surface area contributed by atoms with Crippen molar-refractivity contribution in [3.8, 4) is 33.4 Å². The highest BCUT2D eigenvalue weighted by atomic mass is 32.1. The lowest BCUT2D eigenvalue weighted by atomic mass is 9.94. The van der Waals surface area contributed by atoms with Crippen LogP contribution in [-0.2, 0) is 0 Å². The molecule has 0 bridgehead atoms. The number of para-hydroxylation sites is 4. The Labute approximate surface area is 482 Å². The van der Waals surface area contributed by atoms with E-state index >= 15 is 0 Å². The number of hydrogen-bond donors (Lipinski definition) is 0. The summed E-state index contributed by atoms with van der Waals surface area (Å²) in [6, 6.07) is 88.7. The maximum absolute atomic E-state index is 6.43. The van der Waals surface area contributed by atoms with E-state index in [1.807, 2.05) is 34.8 Å². The Morgan fingerprint density at radius 2 is 0.659 bits per heavy atom. The minimum atomic E-state index is 0.872. The third kappa shape index (κ3) is 7.63. The molecule has 0 unspecified atom stereocenters. The number of fused-ring (bicyclic) bond motifs is 12. The molecule has 0 saturated heterocycles. The van der Waals surface area contributed by atoms with Crippen molar-refractivity contribution in [2.75, 3.05) is 9.80 Å². The van der Waals surface area contributed by atoms with Crippen LogP contribution in [0.2, 0.25) is 0 Å². The zero-order valence-electron chi connectivity index (χ0n) is 45.6. The fourth-order valence-corrected chi connectivity index (χ4v) is 15.4. The van der Waals surface area contributed by atoms with Crippen molar-refractivity contribution in [2.45, 2.75) is 27.7 Å². The number of furan rings is 2. The number of rotatable bonds is 9. The topological polar surface area (TPSA) is 32.8 Å². The second-order valence-corrected chi connectivity index (χ2v) is 23.8. The predicted molar refractivity (Wildman–Crippen MR) is 351 cm³/mol. The van der Waals surface area contributed by atoms with E-state index in [0.717, 1.165) is 100 Å². The van der Waals surface area contributed by atoms with Gasteiger partial charge in [0.15, 0.2) is 0 Å². The number of hydrogen-bond acceptors (Lipinski definition) is 6. The molecule has 16 aromatic rings. The molecular weight excluding hydrogens is 1040 g/mol. The largest absolute Gasteiger partial charge is 0.456 e. The minimum absolute atomic E-state index is 0.872. The third-order valence-corrected chi connectivity index (χ3v) is 19.2. The van der Waals surface area contributed by atoms with E-state index in [0.29, 0.717) is 0 Å². The first-order chi connectivity index (χ1) is 40.3. The van der Waals surface area contributed by atoms with Crippen molar-refractivity contribution in [1.29, 1.82) is 0 Å². The van der Waals surface area contributed by atoms with Gasteiger partial charge in [-0.15, -0.1) is 22.7 Å². The van der Waals surface area contributed by atoms with Gasteiger partial charge < -0.3 is 18.6 Å². The molecule has 0 spiro atoms. The number of benzene rings is 12. The highest BCUT2D eigenvalue weighted by molar-refractivity contribution is 7.26. The van der Waals surface area contributed by atoms with E-state index in [-0.39, 0.29) is 0 Å². The van der Waals surface area contributed by atoms with Gasteiger partial charge in [0.25, 0.3) is 0 Å². The Kier molecular flexibility index (Phi) is 11.1. The Morgan fingerprint density at radius 1 is 0.280 bits per heavy atom. The summed E-state index contributed by atoms with van der Waals surface area (Å²) in [6.07, 6.45) is 0. The first-order valence-electron chi connectivity index (χ1n) is 28.0. The summed E-state index contributed by atoms with van der Waals surface area (Å²) in [5.74, 6) is 0. The quantitative estimate of drug-likeness (QED) is 0.144. The van der Waals surface area contributed by atoms with Gasteiger partial charge in [-0.3, -0.25) is 0 Å². The van der Waals surface area contributed by atoms with Crippen LogP contribution in [0.5, 0.6) is 0 Å². The highest BCUT2D eigenvalue weighted by Crippen LogP contribution is 2.52. The molecule has 12 aromatic carbocycles. The molecule has 4 nitrogen and oxygen atoms in total. The molecule has 0 aliphatic heterocycles. The minimum Gasteiger partial charge on any atom is -0.456 e. The summed E-state index contributed by atoms with van der Waals surface area (Å²) in [7, 11) is 0. The molecule has 0 radical (unpaired) electrons. The summed E-state index contributed by atoms with van der Waals surface area (Å²) < 4.78 is 18.0. The van der Waals surface area contributed by atoms with Gasteiger partial charge in [0.05, 0.1) is 11.4 Å². The molecule has 6 heteroatoms. The van der Waals surface area contributed by atoms with E-state index in [4.69, 9.17) is 8.83 Å². The van der Waals surface area contributed by atoms with Crippen LogP contribution in [0.25, 0.3) is 118 Å².